The van der Waals surface area contributed by atoms with Gasteiger partial charge in [0, 0.05) is 50.1 Å². The Morgan fingerprint density at radius 2 is 0.818 bits per heavy atom. The summed E-state index contributed by atoms with van der Waals surface area (Å²) < 4.78 is 4.84. The minimum atomic E-state index is -2.80. The summed E-state index contributed by atoms with van der Waals surface area (Å²) in [4.78, 5) is 5.48. The van der Waals surface area contributed by atoms with Crippen LogP contribution in [0.1, 0.15) is 25.1 Å². The second kappa shape index (κ2) is 14.7. The smallest absolute Gasteiger partial charge is 0.181 e. The molecule has 9 aromatic carbocycles. The molecule has 0 saturated heterocycles. The quantitative estimate of drug-likeness (QED) is 0.116. The molecule has 3 nitrogen and oxygen atoms in total. The Bertz CT molecular complexity index is 3730. The van der Waals surface area contributed by atoms with Gasteiger partial charge in [0.2, 0.25) is 0 Å². The third-order valence-corrected chi connectivity index (χ3v) is 19.2. The van der Waals surface area contributed by atoms with Gasteiger partial charge < -0.3 is 9.13 Å². The molecule has 1 aliphatic rings. The van der Waals surface area contributed by atoms with E-state index >= 15 is 0 Å². The second-order valence-electron chi connectivity index (χ2n) is 18.3. The minimum absolute atomic E-state index is 0.261. The van der Waals surface area contributed by atoms with Gasteiger partial charge in [-0.05, 0) is 104 Å². The molecule has 0 N–H and O–H groups in total. The van der Waals surface area contributed by atoms with Crippen LogP contribution in [0.4, 0.5) is 0 Å². The van der Waals surface area contributed by atoms with E-state index in [-0.39, 0.29) is 5.41 Å². The highest BCUT2D eigenvalue weighted by atomic mass is 28.3. The molecule has 0 amide bonds. The van der Waals surface area contributed by atoms with Crippen LogP contribution in [-0.4, -0.2) is 22.2 Å². The lowest BCUT2D eigenvalue weighted by molar-refractivity contribution is 0.637. The molecule has 0 radical (unpaired) electrons. The fourth-order valence-electron chi connectivity index (χ4n) is 11.4. The topological polar surface area (TPSA) is 22.8 Å². The molecule has 66 heavy (non-hydrogen) atoms. The van der Waals surface area contributed by atoms with Crippen molar-refractivity contribution in [3.8, 4) is 33.6 Å². The van der Waals surface area contributed by atoms with Gasteiger partial charge in [0.05, 0.1) is 27.8 Å². The first kappa shape index (κ1) is 38.4. The van der Waals surface area contributed by atoms with Crippen molar-refractivity contribution < 1.29 is 0 Å². The van der Waals surface area contributed by atoms with Gasteiger partial charge in [0.25, 0.3) is 0 Å². The Morgan fingerprint density at radius 3 is 1.35 bits per heavy atom. The van der Waals surface area contributed by atoms with E-state index in [2.05, 4.69) is 260 Å². The summed E-state index contributed by atoms with van der Waals surface area (Å²) in [6.07, 6.45) is 2.20. The lowest BCUT2D eigenvalue weighted by Gasteiger charge is -2.34. The molecule has 0 atom stereocenters. The van der Waals surface area contributed by atoms with Gasteiger partial charge in [-0.25, -0.2) is 0 Å². The number of nitrogens with zero attached hydrogens (tertiary/aromatic N) is 3. The average molecular weight is 860 g/mol. The molecule has 0 bridgehead atoms. The maximum atomic E-state index is 5.48. The van der Waals surface area contributed by atoms with Crippen molar-refractivity contribution in [1.82, 2.24) is 14.1 Å². The van der Waals surface area contributed by atoms with E-state index in [1.165, 1.54) is 97.9 Å². The van der Waals surface area contributed by atoms with E-state index in [1.54, 1.807) is 0 Å². The molecule has 312 valence electrons. The maximum absolute atomic E-state index is 5.48. The normalized spacial score (nSPS) is 13.1. The molecule has 12 aromatic rings. The van der Waals surface area contributed by atoms with E-state index in [4.69, 9.17) is 4.98 Å². The van der Waals surface area contributed by atoms with Crippen LogP contribution in [0.3, 0.4) is 0 Å². The Hall–Kier alpha value is -8.05. The van der Waals surface area contributed by atoms with Crippen molar-refractivity contribution in [3.05, 3.63) is 248 Å². The summed E-state index contributed by atoms with van der Waals surface area (Å²) in [6, 6.07) is 85.4. The standard InChI is InChI=1S/C62H45N3Si/c1-62(2)56-34-33-45(39-52(56)55-40-49(41-63-61(55)62)66(46-21-9-4-10-22-46,47-23-11-5-12-24-47)48-25-13-6-14-26-48)65-58-30-18-16-28-51(58)54-38-43(32-36-60(54)65)42-31-35-59-53(37-42)50-27-15-17-29-57(50)64(59)44-19-7-3-8-20-44/h3-41H,1-2H3. The van der Waals surface area contributed by atoms with E-state index in [0.29, 0.717) is 0 Å². The maximum Gasteiger partial charge on any atom is 0.181 e. The molecule has 3 aromatic heterocycles. The van der Waals surface area contributed by atoms with Crippen LogP contribution in [-0.2, 0) is 5.41 Å². The summed E-state index contributed by atoms with van der Waals surface area (Å²) in [6.45, 7) is 4.66. The molecular formula is C62H45N3Si. The summed E-state index contributed by atoms with van der Waals surface area (Å²) in [7, 11) is -2.80. The summed E-state index contributed by atoms with van der Waals surface area (Å²) in [5.41, 5.74) is 14.2. The fourth-order valence-corrected chi connectivity index (χ4v) is 16.1. The largest absolute Gasteiger partial charge is 0.309 e. The van der Waals surface area contributed by atoms with Gasteiger partial charge in [-0.3, -0.25) is 4.98 Å². The van der Waals surface area contributed by atoms with Crippen molar-refractivity contribution in [2.24, 2.45) is 0 Å². The van der Waals surface area contributed by atoms with Crippen LogP contribution in [0.2, 0.25) is 0 Å². The Morgan fingerprint density at radius 1 is 0.364 bits per heavy atom. The zero-order chi connectivity index (χ0) is 44.0. The summed E-state index contributed by atoms with van der Waals surface area (Å²) >= 11 is 0. The van der Waals surface area contributed by atoms with Gasteiger partial charge in [0.15, 0.2) is 8.07 Å². The number of hydrogen-bond donors (Lipinski definition) is 0. The third-order valence-electron chi connectivity index (χ3n) is 14.5. The van der Waals surface area contributed by atoms with Crippen LogP contribution >= 0.6 is 0 Å². The van der Waals surface area contributed by atoms with E-state index in [9.17, 15) is 0 Å². The van der Waals surface area contributed by atoms with Crippen LogP contribution in [0, 0.1) is 0 Å². The number of hydrogen-bond acceptors (Lipinski definition) is 1. The number of para-hydroxylation sites is 3. The first-order chi connectivity index (χ1) is 32.5. The molecule has 0 saturated carbocycles. The van der Waals surface area contributed by atoms with Crippen LogP contribution in [0.15, 0.2) is 237 Å². The highest BCUT2D eigenvalue weighted by molar-refractivity contribution is 7.19. The second-order valence-corrected chi connectivity index (χ2v) is 22.1. The zero-order valence-corrected chi connectivity index (χ0v) is 37.9. The molecular weight excluding hydrogens is 815 g/mol. The number of rotatable bonds is 7. The lowest BCUT2D eigenvalue weighted by Crippen LogP contribution is -2.74. The van der Waals surface area contributed by atoms with Gasteiger partial charge in [-0.2, -0.15) is 0 Å². The molecule has 0 spiro atoms. The Kier molecular flexibility index (Phi) is 8.58. The molecule has 0 fully saturated rings. The van der Waals surface area contributed by atoms with E-state index in [1.807, 2.05) is 0 Å². The SMILES string of the molecule is CC1(C)c2ccc(-n3c4ccccc4c4cc(-c5ccc6c(c5)c5ccccc5n6-c5ccccc5)ccc43)cc2-c2cc([Si](c3ccccc3)(c3ccccc3)c3ccccc3)cnc21. The fraction of sp³-hybridized carbons (Fsp3) is 0.0484. The number of pyridine rings is 1. The predicted octanol–water partition coefficient (Wildman–Crippen LogP) is 12.6. The molecule has 0 unspecified atom stereocenters. The van der Waals surface area contributed by atoms with Crippen molar-refractivity contribution in [2.45, 2.75) is 19.3 Å². The zero-order valence-electron chi connectivity index (χ0n) is 36.9. The summed E-state index contributed by atoms with van der Waals surface area (Å²) in [5.74, 6) is 0. The van der Waals surface area contributed by atoms with Gasteiger partial charge in [-0.1, -0.05) is 184 Å². The highest BCUT2D eigenvalue weighted by Crippen LogP contribution is 2.49. The summed E-state index contributed by atoms with van der Waals surface area (Å²) in [5, 5.41) is 10.3. The van der Waals surface area contributed by atoms with Crippen LogP contribution in [0.25, 0.3) is 77.2 Å². The highest BCUT2D eigenvalue weighted by Gasteiger charge is 2.44. The minimum Gasteiger partial charge on any atom is -0.309 e. The first-order valence-corrected chi connectivity index (χ1v) is 25.0. The molecule has 4 heteroatoms. The monoisotopic (exact) mass is 859 g/mol. The predicted molar refractivity (Wildman–Crippen MR) is 280 cm³/mol. The average Bonchev–Trinajstić information content (AvgIpc) is 3.97. The van der Waals surface area contributed by atoms with Crippen molar-refractivity contribution in [3.63, 3.8) is 0 Å². The first-order valence-electron chi connectivity index (χ1n) is 23.0. The molecule has 1 aliphatic carbocycles. The number of benzene rings is 9. The van der Waals surface area contributed by atoms with Crippen molar-refractivity contribution in [1.29, 1.82) is 0 Å². The Labute approximate surface area is 385 Å². The Balaban J connectivity index is 0.976. The number of aromatic nitrogens is 3. The van der Waals surface area contributed by atoms with Gasteiger partial charge in [0.1, 0.15) is 0 Å². The van der Waals surface area contributed by atoms with Crippen LogP contribution in [0.5, 0.6) is 0 Å². The molecule has 3 heterocycles. The van der Waals surface area contributed by atoms with Gasteiger partial charge >= 0.3 is 0 Å². The van der Waals surface area contributed by atoms with Crippen LogP contribution < -0.4 is 20.7 Å². The lowest BCUT2D eigenvalue weighted by atomic mass is 9.85. The third kappa shape index (κ3) is 5.58. The van der Waals surface area contributed by atoms with E-state index in [0.717, 1.165) is 11.4 Å². The molecule has 0 aliphatic heterocycles. The van der Waals surface area contributed by atoms with Crippen molar-refractivity contribution in [2.75, 3.05) is 0 Å². The van der Waals surface area contributed by atoms with Gasteiger partial charge in [-0.15, -0.1) is 0 Å². The van der Waals surface area contributed by atoms with Crippen molar-refractivity contribution >= 4 is 72.4 Å². The molecule has 13 rings (SSSR count). The number of fused-ring (bicyclic) bond motifs is 9. The van der Waals surface area contributed by atoms with E-state index < -0.39 is 8.07 Å².